The van der Waals surface area contributed by atoms with Crippen LogP contribution in [-0.2, 0) is 6.54 Å². The lowest BCUT2D eigenvalue weighted by molar-refractivity contribution is 0.0908. The molecule has 0 aromatic heterocycles. The molecule has 1 N–H and O–H groups in total. The van der Waals surface area contributed by atoms with E-state index in [1.807, 2.05) is 31.2 Å². The average molecular weight is 395 g/mol. The highest BCUT2D eigenvalue weighted by Crippen LogP contribution is 2.33. The quantitative estimate of drug-likeness (QED) is 0.767. The Kier molecular flexibility index (Phi) is 7.30. The smallest absolute Gasteiger partial charge is 0.251 e. The Hall–Kier alpha value is -2.79. The summed E-state index contributed by atoms with van der Waals surface area (Å²) in [5.74, 6) is 1.13. The number of hydrogen-bond donors (Lipinski definition) is 1. The highest BCUT2D eigenvalue weighted by Gasteiger charge is 2.22. The van der Waals surface area contributed by atoms with Crippen molar-refractivity contribution in [1.82, 2.24) is 10.2 Å². The van der Waals surface area contributed by atoms with E-state index in [1.165, 1.54) is 5.56 Å². The van der Waals surface area contributed by atoms with Gasteiger partial charge in [0.2, 0.25) is 0 Å². The molecule has 5 heteroatoms. The molecule has 1 aliphatic rings. The summed E-state index contributed by atoms with van der Waals surface area (Å²) in [6, 6.07) is 14.3. The van der Waals surface area contributed by atoms with Gasteiger partial charge in [0.25, 0.3) is 5.91 Å². The fourth-order valence-electron chi connectivity index (χ4n) is 3.77. The fraction of sp³-hybridized carbons (Fsp3) is 0.375. The number of methoxy groups -OCH3 is 2. The number of rotatable bonds is 7. The van der Waals surface area contributed by atoms with Crippen molar-refractivity contribution in [2.75, 3.05) is 27.3 Å². The summed E-state index contributed by atoms with van der Waals surface area (Å²) >= 11 is 0. The molecule has 0 radical (unpaired) electrons. The number of benzene rings is 2. The first-order valence-corrected chi connectivity index (χ1v) is 10.1. The molecule has 0 aliphatic carbocycles. The molecular weight excluding hydrogens is 364 g/mol. The molecule has 29 heavy (non-hydrogen) atoms. The molecule has 1 aliphatic heterocycles. The van der Waals surface area contributed by atoms with Gasteiger partial charge in [-0.05, 0) is 37.5 Å². The van der Waals surface area contributed by atoms with Crippen LogP contribution in [0.1, 0.15) is 41.3 Å². The Morgan fingerprint density at radius 1 is 1.14 bits per heavy atom. The maximum Gasteiger partial charge on any atom is 0.251 e. The molecule has 0 bridgehead atoms. The number of allylic oxidation sites excluding steroid dienone is 1. The third-order valence-electron chi connectivity index (χ3n) is 5.29. The van der Waals surface area contributed by atoms with Gasteiger partial charge in [-0.3, -0.25) is 9.69 Å². The number of likely N-dealkylation sites (tertiary alicyclic amines) is 1. The zero-order valence-electron chi connectivity index (χ0n) is 17.5. The van der Waals surface area contributed by atoms with E-state index < -0.39 is 0 Å². The minimum Gasteiger partial charge on any atom is -0.493 e. The summed E-state index contributed by atoms with van der Waals surface area (Å²) in [5, 5.41) is 3.19. The van der Waals surface area contributed by atoms with Gasteiger partial charge in [-0.2, -0.15) is 0 Å². The minimum atomic E-state index is -0.0711. The zero-order valence-corrected chi connectivity index (χ0v) is 17.5. The van der Waals surface area contributed by atoms with Gasteiger partial charge >= 0.3 is 0 Å². The number of amides is 1. The van der Waals surface area contributed by atoms with Crippen molar-refractivity contribution >= 4 is 12.0 Å². The lowest BCUT2D eigenvalue weighted by Crippen LogP contribution is -2.44. The molecule has 0 saturated carbocycles. The summed E-state index contributed by atoms with van der Waals surface area (Å²) in [4.78, 5) is 15.3. The Bertz CT molecular complexity index is 841. The molecule has 5 nitrogen and oxygen atoms in total. The topological polar surface area (TPSA) is 50.8 Å². The number of carbonyl (C=O) groups excluding carboxylic acids is 1. The van der Waals surface area contributed by atoms with Gasteiger partial charge in [-0.25, -0.2) is 0 Å². The van der Waals surface area contributed by atoms with E-state index in [0.717, 1.165) is 38.0 Å². The number of piperidine rings is 1. The molecule has 0 unspecified atom stereocenters. The van der Waals surface area contributed by atoms with Crippen molar-refractivity contribution in [3.8, 4) is 11.5 Å². The van der Waals surface area contributed by atoms with E-state index in [9.17, 15) is 4.79 Å². The SMILES string of the molecule is CC=Cc1cc(C(=O)NC2CCN(Cc3ccccc3)CC2)cc(OC)c1OC. The second-order valence-electron chi connectivity index (χ2n) is 7.31. The molecule has 2 aromatic rings. The van der Waals surface area contributed by atoms with Crippen molar-refractivity contribution in [1.29, 1.82) is 0 Å². The van der Waals surface area contributed by atoms with Crippen LogP contribution in [-0.4, -0.2) is 44.2 Å². The minimum absolute atomic E-state index is 0.0711. The van der Waals surface area contributed by atoms with Crippen LogP contribution in [0.25, 0.3) is 6.08 Å². The van der Waals surface area contributed by atoms with Gasteiger partial charge in [0.1, 0.15) is 0 Å². The van der Waals surface area contributed by atoms with Crippen LogP contribution in [0.15, 0.2) is 48.5 Å². The lowest BCUT2D eigenvalue weighted by Gasteiger charge is -2.32. The summed E-state index contributed by atoms with van der Waals surface area (Å²) in [6.45, 7) is 4.86. The van der Waals surface area contributed by atoms with E-state index in [-0.39, 0.29) is 11.9 Å². The maximum absolute atomic E-state index is 12.9. The Morgan fingerprint density at radius 2 is 1.86 bits per heavy atom. The Morgan fingerprint density at radius 3 is 2.48 bits per heavy atom. The van der Waals surface area contributed by atoms with Crippen LogP contribution in [0.2, 0.25) is 0 Å². The third kappa shape index (κ3) is 5.39. The largest absolute Gasteiger partial charge is 0.493 e. The van der Waals surface area contributed by atoms with Crippen molar-refractivity contribution in [3.05, 3.63) is 65.2 Å². The first kappa shape index (κ1) is 20.9. The van der Waals surface area contributed by atoms with E-state index in [1.54, 1.807) is 20.3 Å². The van der Waals surface area contributed by atoms with Crippen molar-refractivity contribution in [2.24, 2.45) is 0 Å². The van der Waals surface area contributed by atoms with Crippen LogP contribution in [0.5, 0.6) is 11.5 Å². The average Bonchev–Trinajstić information content (AvgIpc) is 2.75. The van der Waals surface area contributed by atoms with Crippen molar-refractivity contribution in [3.63, 3.8) is 0 Å². The van der Waals surface area contributed by atoms with Gasteiger partial charge in [0, 0.05) is 36.8 Å². The second-order valence-corrected chi connectivity index (χ2v) is 7.31. The number of hydrogen-bond acceptors (Lipinski definition) is 4. The Labute approximate surface area is 173 Å². The van der Waals surface area contributed by atoms with E-state index in [4.69, 9.17) is 9.47 Å². The van der Waals surface area contributed by atoms with Crippen LogP contribution in [0.4, 0.5) is 0 Å². The molecule has 1 amide bonds. The first-order chi connectivity index (χ1) is 14.1. The molecule has 1 heterocycles. The van der Waals surface area contributed by atoms with Gasteiger partial charge in [-0.1, -0.05) is 42.5 Å². The van der Waals surface area contributed by atoms with Crippen LogP contribution >= 0.6 is 0 Å². The molecule has 1 fully saturated rings. The summed E-state index contributed by atoms with van der Waals surface area (Å²) in [7, 11) is 3.19. The first-order valence-electron chi connectivity index (χ1n) is 10.1. The summed E-state index contributed by atoms with van der Waals surface area (Å²) in [6.07, 6.45) is 5.74. The fourth-order valence-corrected chi connectivity index (χ4v) is 3.77. The van der Waals surface area contributed by atoms with Gasteiger partial charge in [-0.15, -0.1) is 0 Å². The predicted molar refractivity (Wildman–Crippen MR) is 116 cm³/mol. The lowest BCUT2D eigenvalue weighted by atomic mass is 10.0. The second kappa shape index (κ2) is 10.1. The molecule has 154 valence electrons. The number of nitrogens with zero attached hydrogens (tertiary/aromatic N) is 1. The number of carbonyl (C=O) groups is 1. The predicted octanol–water partition coefficient (Wildman–Crippen LogP) is 4.13. The van der Waals surface area contributed by atoms with Gasteiger partial charge in [0.05, 0.1) is 14.2 Å². The zero-order chi connectivity index (χ0) is 20.6. The van der Waals surface area contributed by atoms with E-state index in [0.29, 0.717) is 17.1 Å². The third-order valence-corrected chi connectivity index (χ3v) is 5.29. The molecule has 2 aromatic carbocycles. The summed E-state index contributed by atoms with van der Waals surface area (Å²) < 4.78 is 10.9. The number of nitrogens with one attached hydrogen (secondary N) is 1. The molecule has 3 rings (SSSR count). The highest BCUT2D eigenvalue weighted by molar-refractivity contribution is 5.96. The van der Waals surface area contributed by atoms with Gasteiger partial charge < -0.3 is 14.8 Å². The monoisotopic (exact) mass is 394 g/mol. The summed E-state index contributed by atoms with van der Waals surface area (Å²) in [5.41, 5.74) is 2.75. The molecule has 0 atom stereocenters. The van der Waals surface area contributed by atoms with E-state index >= 15 is 0 Å². The van der Waals surface area contributed by atoms with Crippen LogP contribution < -0.4 is 14.8 Å². The van der Waals surface area contributed by atoms with Crippen LogP contribution in [0, 0.1) is 0 Å². The molecule has 1 saturated heterocycles. The normalized spacial score (nSPS) is 15.4. The number of ether oxygens (including phenoxy) is 2. The standard InChI is InChI=1S/C24H30N2O3/c1-4-8-19-15-20(16-22(28-2)23(19)29-3)24(27)25-21-11-13-26(14-12-21)17-18-9-6-5-7-10-18/h4-10,15-16,21H,11-14,17H2,1-3H3,(H,25,27). The van der Waals surface area contributed by atoms with Gasteiger partial charge in [0.15, 0.2) is 11.5 Å². The van der Waals surface area contributed by atoms with E-state index in [2.05, 4.69) is 34.5 Å². The maximum atomic E-state index is 12.9. The molecular formula is C24H30N2O3. The van der Waals surface area contributed by atoms with Crippen molar-refractivity contribution in [2.45, 2.75) is 32.4 Å². The van der Waals surface area contributed by atoms with Crippen LogP contribution in [0.3, 0.4) is 0 Å². The molecule has 0 spiro atoms. The Balaban J connectivity index is 1.61. The van der Waals surface area contributed by atoms with Crippen molar-refractivity contribution < 1.29 is 14.3 Å². The highest BCUT2D eigenvalue weighted by atomic mass is 16.5.